The maximum atomic E-state index is 12.6. The number of alkyl halides is 3. The quantitative estimate of drug-likeness (QED) is 0.887. The summed E-state index contributed by atoms with van der Waals surface area (Å²) < 4.78 is 60.9. The molecule has 1 N–H and O–H groups in total. The zero-order valence-corrected chi connectivity index (χ0v) is 13.2. The van der Waals surface area contributed by atoms with Crippen molar-refractivity contribution in [2.75, 3.05) is 11.5 Å². The van der Waals surface area contributed by atoms with E-state index in [-0.39, 0.29) is 27.3 Å². The van der Waals surface area contributed by atoms with Crippen molar-refractivity contribution in [3.8, 4) is 0 Å². The summed E-state index contributed by atoms with van der Waals surface area (Å²) in [5.74, 6) is -0.587. The first kappa shape index (κ1) is 16.2. The zero-order chi connectivity index (χ0) is 16.8. The van der Waals surface area contributed by atoms with Crippen LogP contribution >= 0.6 is 11.3 Å². The number of fused-ring (bicyclic) bond motifs is 1. The van der Waals surface area contributed by atoms with Gasteiger partial charge in [-0.05, 0) is 24.6 Å². The number of nitrogens with one attached hydrogen (secondary N) is 1. The molecule has 23 heavy (non-hydrogen) atoms. The average Bonchev–Trinajstić information content (AvgIpc) is 3.00. The first-order valence-electron chi connectivity index (χ1n) is 6.63. The van der Waals surface area contributed by atoms with Crippen LogP contribution in [-0.2, 0) is 16.0 Å². The van der Waals surface area contributed by atoms with Crippen LogP contribution in [0.25, 0.3) is 10.2 Å². The minimum atomic E-state index is -4.52. The number of halogens is 3. The highest BCUT2D eigenvalue weighted by atomic mass is 32.2. The van der Waals surface area contributed by atoms with Gasteiger partial charge in [-0.2, -0.15) is 13.2 Å². The Morgan fingerprint density at radius 1 is 1.35 bits per heavy atom. The molecule has 1 fully saturated rings. The van der Waals surface area contributed by atoms with Crippen molar-refractivity contribution in [1.29, 1.82) is 0 Å². The molecule has 2 aromatic rings. The van der Waals surface area contributed by atoms with Crippen molar-refractivity contribution < 1.29 is 26.4 Å². The number of carbonyl (C=O) groups excluding carboxylic acids is 1. The van der Waals surface area contributed by atoms with Crippen LogP contribution < -0.4 is 5.32 Å². The van der Waals surface area contributed by atoms with Gasteiger partial charge in [0.15, 0.2) is 14.8 Å². The van der Waals surface area contributed by atoms with Crippen molar-refractivity contribution in [3.63, 3.8) is 0 Å². The predicted octanol–water partition coefficient (Wildman–Crippen LogP) is 2.23. The topological polar surface area (TPSA) is 76.1 Å². The van der Waals surface area contributed by atoms with Crippen molar-refractivity contribution >= 4 is 37.3 Å². The number of rotatable bonds is 2. The summed E-state index contributed by atoms with van der Waals surface area (Å²) in [4.78, 5) is 15.6. The Morgan fingerprint density at radius 2 is 2.09 bits per heavy atom. The summed E-state index contributed by atoms with van der Waals surface area (Å²) in [5, 5.41) is 1.63. The van der Waals surface area contributed by atoms with Crippen LogP contribution in [0, 0.1) is 0 Å². The Bertz CT molecular complexity index is 874. The molecule has 0 spiro atoms. The molecule has 3 rings (SSSR count). The molecule has 1 amide bonds. The number of sulfone groups is 1. The van der Waals surface area contributed by atoms with E-state index in [4.69, 9.17) is 0 Å². The largest absolute Gasteiger partial charge is 0.443 e. The molecule has 1 atom stereocenters. The van der Waals surface area contributed by atoms with E-state index in [9.17, 15) is 26.4 Å². The molecule has 124 valence electrons. The molecule has 0 bridgehead atoms. The summed E-state index contributed by atoms with van der Waals surface area (Å²) in [7, 11) is -3.12. The Balaban J connectivity index is 1.81. The molecule has 0 unspecified atom stereocenters. The smallest absolute Gasteiger partial charge is 0.348 e. The Hall–Kier alpha value is -1.68. The van der Waals surface area contributed by atoms with Gasteiger partial charge in [0.25, 0.3) is 5.91 Å². The van der Waals surface area contributed by atoms with E-state index in [1.807, 2.05) is 0 Å². The fourth-order valence-corrected chi connectivity index (χ4v) is 4.91. The van der Waals surface area contributed by atoms with Crippen molar-refractivity contribution in [1.82, 2.24) is 10.3 Å². The standard InChI is InChI=1S/C13H11F3N2O3S2/c14-13(15,16)12-18-9-2-1-7(5-10(9)22-12)11(19)17-8-3-4-23(20,21)6-8/h1-2,5,8H,3-4,6H2,(H,17,19)/t8-/m0/s1. The molecule has 10 heteroatoms. The fraction of sp³-hybridized carbons (Fsp3) is 0.385. The third kappa shape index (κ3) is 3.47. The molecule has 1 aromatic heterocycles. The normalized spacial score (nSPS) is 20.7. The van der Waals surface area contributed by atoms with Crippen LogP contribution in [0.15, 0.2) is 18.2 Å². The number of nitrogens with zero attached hydrogens (tertiary/aromatic N) is 1. The lowest BCUT2D eigenvalue weighted by atomic mass is 10.2. The highest BCUT2D eigenvalue weighted by Gasteiger charge is 2.35. The molecule has 1 aliphatic rings. The SMILES string of the molecule is O=C(N[C@H]1CCS(=O)(=O)C1)c1ccc2nc(C(F)(F)F)sc2c1. The van der Waals surface area contributed by atoms with Crippen molar-refractivity contribution in [3.05, 3.63) is 28.8 Å². The van der Waals surface area contributed by atoms with Gasteiger partial charge in [0.1, 0.15) is 0 Å². The van der Waals surface area contributed by atoms with Gasteiger partial charge < -0.3 is 5.32 Å². The third-order valence-corrected chi connectivity index (χ3v) is 6.29. The van der Waals surface area contributed by atoms with Gasteiger partial charge in [-0.25, -0.2) is 13.4 Å². The number of thiazole rings is 1. The van der Waals surface area contributed by atoms with Gasteiger partial charge in [0.05, 0.1) is 21.7 Å². The number of aromatic nitrogens is 1. The van der Waals surface area contributed by atoms with Gasteiger partial charge in [-0.3, -0.25) is 4.79 Å². The van der Waals surface area contributed by atoms with Crippen LogP contribution in [0.1, 0.15) is 21.8 Å². The molecule has 5 nitrogen and oxygen atoms in total. The number of amides is 1. The molecule has 0 aliphatic carbocycles. The number of hydrogen-bond acceptors (Lipinski definition) is 5. The maximum absolute atomic E-state index is 12.6. The number of benzene rings is 1. The molecular formula is C13H11F3N2O3S2. The Labute approximate surface area is 133 Å². The lowest BCUT2D eigenvalue weighted by Gasteiger charge is -2.10. The van der Waals surface area contributed by atoms with E-state index in [0.717, 1.165) is 0 Å². The minimum absolute atomic E-state index is 0.0285. The van der Waals surface area contributed by atoms with Gasteiger partial charge in [-0.1, -0.05) is 0 Å². The molecule has 1 aliphatic heterocycles. The molecular weight excluding hydrogens is 353 g/mol. The summed E-state index contributed by atoms with van der Waals surface area (Å²) >= 11 is 0.466. The van der Waals surface area contributed by atoms with E-state index in [0.29, 0.717) is 17.8 Å². The van der Waals surface area contributed by atoms with E-state index < -0.39 is 33.0 Å². The average molecular weight is 364 g/mol. The van der Waals surface area contributed by atoms with Crippen LogP contribution in [0.3, 0.4) is 0 Å². The third-order valence-electron chi connectivity index (χ3n) is 3.46. The number of hydrogen-bond donors (Lipinski definition) is 1. The van der Waals surface area contributed by atoms with Gasteiger partial charge in [0, 0.05) is 11.6 Å². The monoisotopic (exact) mass is 364 g/mol. The van der Waals surface area contributed by atoms with Gasteiger partial charge in [-0.15, -0.1) is 11.3 Å². The second-order valence-electron chi connectivity index (χ2n) is 5.27. The van der Waals surface area contributed by atoms with Crippen LogP contribution in [0.5, 0.6) is 0 Å². The molecule has 0 saturated carbocycles. The zero-order valence-electron chi connectivity index (χ0n) is 11.6. The van der Waals surface area contributed by atoms with E-state index in [1.165, 1.54) is 18.2 Å². The molecule has 1 aromatic carbocycles. The first-order valence-corrected chi connectivity index (χ1v) is 9.27. The van der Waals surface area contributed by atoms with Crippen LogP contribution in [0.2, 0.25) is 0 Å². The minimum Gasteiger partial charge on any atom is -0.348 e. The van der Waals surface area contributed by atoms with Crippen LogP contribution in [0.4, 0.5) is 13.2 Å². The Kier molecular flexibility index (Phi) is 3.83. The second-order valence-corrected chi connectivity index (χ2v) is 8.53. The molecule has 1 saturated heterocycles. The highest BCUT2D eigenvalue weighted by molar-refractivity contribution is 7.91. The number of carbonyl (C=O) groups is 1. The van der Waals surface area contributed by atoms with Gasteiger partial charge in [0.2, 0.25) is 0 Å². The summed E-state index contributed by atoms with van der Waals surface area (Å²) in [6, 6.07) is 3.60. The van der Waals surface area contributed by atoms with Gasteiger partial charge >= 0.3 is 6.18 Å². The predicted molar refractivity (Wildman–Crippen MR) is 79.1 cm³/mol. The maximum Gasteiger partial charge on any atom is 0.443 e. The molecule has 0 radical (unpaired) electrons. The first-order chi connectivity index (χ1) is 10.6. The Morgan fingerprint density at radius 3 is 2.70 bits per heavy atom. The van der Waals surface area contributed by atoms with E-state index >= 15 is 0 Å². The van der Waals surface area contributed by atoms with Crippen molar-refractivity contribution in [2.24, 2.45) is 0 Å². The molecule has 2 heterocycles. The summed E-state index contributed by atoms with van der Waals surface area (Å²) in [5.41, 5.74) is 0.349. The van der Waals surface area contributed by atoms with Crippen LogP contribution in [-0.4, -0.2) is 36.9 Å². The van der Waals surface area contributed by atoms with Crippen molar-refractivity contribution in [2.45, 2.75) is 18.6 Å². The lowest BCUT2D eigenvalue weighted by molar-refractivity contribution is -0.137. The second kappa shape index (κ2) is 5.45. The van der Waals surface area contributed by atoms with E-state index in [2.05, 4.69) is 10.3 Å². The highest BCUT2D eigenvalue weighted by Crippen LogP contribution is 2.35. The summed E-state index contributed by atoms with van der Waals surface area (Å²) in [6.07, 6.45) is -4.18. The fourth-order valence-electron chi connectivity index (χ4n) is 2.36. The van der Waals surface area contributed by atoms with E-state index in [1.54, 1.807) is 0 Å². The summed E-state index contributed by atoms with van der Waals surface area (Å²) in [6.45, 7) is 0. The lowest BCUT2D eigenvalue weighted by Crippen LogP contribution is -2.35.